The summed E-state index contributed by atoms with van der Waals surface area (Å²) < 4.78 is 8.38. The Morgan fingerprint density at radius 1 is 1.00 bits per heavy atom. The number of para-hydroxylation sites is 3. The first-order valence-corrected chi connectivity index (χ1v) is 9.64. The molecule has 2 aromatic carbocycles. The second kappa shape index (κ2) is 8.77. The maximum Gasteiger partial charge on any atom is 0.329 e. The van der Waals surface area contributed by atoms with Crippen LogP contribution in [0.1, 0.15) is 20.3 Å². The van der Waals surface area contributed by atoms with Crippen molar-refractivity contribution in [3.8, 4) is 0 Å². The topological polar surface area (TPSA) is 73.5 Å². The lowest BCUT2D eigenvalue weighted by Crippen LogP contribution is -2.38. The molecule has 0 radical (unpaired) electrons. The average Bonchev–Trinajstić information content (AvgIpc) is 2.99. The Balaban J connectivity index is 1.75. The fourth-order valence-electron chi connectivity index (χ4n) is 3.33. The summed E-state index contributed by atoms with van der Waals surface area (Å²) in [6.45, 7) is 3.84. The van der Waals surface area contributed by atoms with Crippen LogP contribution in [0.2, 0.25) is 0 Å². The van der Waals surface area contributed by atoms with Gasteiger partial charge in [-0.2, -0.15) is 0 Å². The predicted molar refractivity (Wildman–Crippen MR) is 112 cm³/mol. The number of fused-ring (bicyclic) bond motifs is 1. The van der Waals surface area contributed by atoms with E-state index < -0.39 is 12.1 Å². The number of amides is 1. The van der Waals surface area contributed by atoms with Gasteiger partial charge in [0.05, 0.1) is 11.0 Å². The Morgan fingerprint density at radius 3 is 2.21 bits per heavy atom. The number of esters is 1. The molecule has 0 aliphatic carbocycles. The number of carbonyl (C=O) groups is 2. The fourth-order valence-corrected chi connectivity index (χ4v) is 3.33. The standard InChI is InChI=1S/C22H25N3O4/c1-4-14-24-18-12-8-9-13-19(18)25(22(24)28)15-20(26)29-16(2)21(27)23(3)17-10-6-5-7-11-17/h5-13,16H,4,14-15H2,1-3H3. The van der Waals surface area contributed by atoms with Gasteiger partial charge in [0, 0.05) is 19.3 Å². The van der Waals surface area contributed by atoms with Crippen LogP contribution < -0.4 is 10.6 Å². The highest BCUT2D eigenvalue weighted by molar-refractivity contribution is 5.96. The maximum atomic E-state index is 12.8. The van der Waals surface area contributed by atoms with Gasteiger partial charge in [0.2, 0.25) is 0 Å². The predicted octanol–water partition coefficient (Wildman–Crippen LogP) is 2.81. The molecule has 3 aromatic rings. The van der Waals surface area contributed by atoms with Crippen molar-refractivity contribution in [1.29, 1.82) is 0 Å². The van der Waals surface area contributed by atoms with Gasteiger partial charge in [0.25, 0.3) is 5.91 Å². The number of aryl methyl sites for hydroxylation is 1. The zero-order valence-electron chi connectivity index (χ0n) is 16.9. The van der Waals surface area contributed by atoms with Gasteiger partial charge in [-0.15, -0.1) is 0 Å². The summed E-state index contributed by atoms with van der Waals surface area (Å²) in [7, 11) is 1.63. The van der Waals surface area contributed by atoms with Crippen LogP contribution in [0.4, 0.5) is 5.69 Å². The number of carbonyl (C=O) groups excluding carboxylic acids is 2. The highest BCUT2D eigenvalue weighted by atomic mass is 16.5. The normalized spacial score (nSPS) is 12.0. The van der Waals surface area contributed by atoms with E-state index in [0.717, 1.165) is 11.9 Å². The second-order valence-electron chi connectivity index (χ2n) is 6.87. The number of likely N-dealkylation sites (N-methyl/N-ethyl adjacent to an activating group) is 1. The van der Waals surface area contributed by atoms with E-state index in [1.165, 1.54) is 16.4 Å². The first-order valence-electron chi connectivity index (χ1n) is 9.64. The lowest BCUT2D eigenvalue weighted by molar-refractivity contribution is -0.154. The summed E-state index contributed by atoms with van der Waals surface area (Å²) in [4.78, 5) is 39.3. The van der Waals surface area contributed by atoms with Gasteiger partial charge in [0.1, 0.15) is 6.54 Å². The van der Waals surface area contributed by atoms with Gasteiger partial charge >= 0.3 is 11.7 Å². The molecule has 7 heteroatoms. The first kappa shape index (κ1) is 20.4. The molecule has 1 heterocycles. The smallest absolute Gasteiger partial charge is 0.329 e. The summed E-state index contributed by atoms with van der Waals surface area (Å²) in [5.41, 5.74) is 1.90. The first-order chi connectivity index (χ1) is 13.9. The third-order valence-electron chi connectivity index (χ3n) is 4.79. The Kier molecular flexibility index (Phi) is 6.16. The van der Waals surface area contributed by atoms with E-state index in [0.29, 0.717) is 17.7 Å². The van der Waals surface area contributed by atoms with Crippen molar-refractivity contribution in [2.24, 2.45) is 0 Å². The molecule has 0 aliphatic heterocycles. The number of ether oxygens (including phenoxy) is 1. The molecule has 29 heavy (non-hydrogen) atoms. The van der Waals surface area contributed by atoms with E-state index in [9.17, 15) is 14.4 Å². The largest absolute Gasteiger partial charge is 0.451 e. The average molecular weight is 395 g/mol. The van der Waals surface area contributed by atoms with Crippen LogP contribution in [0.25, 0.3) is 11.0 Å². The van der Waals surface area contributed by atoms with Crippen LogP contribution >= 0.6 is 0 Å². The van der Waals surface area contributed by atoms with Crippen molar-refractivity contribution < 1.29 is 14.3 Å². The van der Waals surface area contributed by atoms with Crippen LogP contribution in [0.3, 0.4) is 0 Å². The molecule has 1 aromatic heterocycles. The molecule has 1 atom stereocenters. The molecule has 7 nitrogen and oxygen atoms in total. The van der Waals surface area contributed by atoms with Crippen molar-refractivity contribution in [2.45, 2.75) is 39.5 Å². The van der Waals surface area contributed by atoms with E-state index in [-0.39, 0.29) is 18.1 Å². The molecule has 0 fully saturated rings. The Hall–Kier alpha value is -3.35. The van der Waals surface area contributed by atoms with Gasteiger partial charge in [-0.05, 0) is 37.6 Å². The minimum absolute atomic E-state index is 0.247. The Morgan fingerprint density at radius 2 is 1.59 bits per heavy atom. The minimum Gasteiger partial charge on any atom is -0.451 e. The summed E-state index contributed by atoms with van der Waals surface area (Å²) in [6.07, 6.45) is -0.164. The Bertz CT molecular complexity index is 1070. The van der Waals surface area contributed by atoms with Crippen LogP contribution in [0, 0.1) is 0 Å². The number of anilines is 1. The van der Waals surface area contributed by atoms with E-state index in [1.54, 1.807) is 29.8 Å². The number of nitrogens with zero attached hydrogens (tertiary/aromatic N) is 3. The monoisotopic (exact) mass is 395 g/mol. The van der Waals surface area contributed by atoms with Crippen LogP contribution in [-0.4, -0.2) is 34.2 Å². The van der Waals surface area contributed by atoms with E-state index in [2.05, 4.69) is 0 Å². The second-order valence-corrected chi connectivity index (χ2v) is 6.87. The highest BCUT2D eigenvalue weighted by Gasteiger charge is 2.23. The van der Waals surface area contributed by atoms with Crippen molar-refractivity contribution in [2.75, 3.05) is 11.9 Å². The van der Waals surface area contributed by atoms with Crippen LogP contribution in [0.15, 0.2) is 59.4 Å². The van der Waals surface area contributed by atoms with Crippen LogP contribution in [0.5, 0.6) is 0 Å². The number of rotatable bonds is 7. The van der Waals surface area contributed by atoms with Gasteiger partial charge in [-0.3, -0.25) is 18.7 Å². The molecular weight excluding hydrogens is 370 g/mol. The van der Waals surface area contributed by atoms with E-state index in [4.69, 9.17) is 4.74 Å². The van der Waals surface area contributed by atoms with Gasteiger partial charge in [0.15, 0.2) is 6.10 Å². The SMILES string of the molecule is CCCn1c(=O)n(CC(=O)OC(C)C(=O)N(C)c2ccccc2)c2ccccc21. The van der Waals surface area contributed by atoms with Crippen molar-refractivity contribution in [3.05, 3.63) is 65.1 Å². The summed E-state index contributed by atoms with van der Waals surface area (Å²) in [5, 5.41) is 0. The molecule has 0 aliphatic rings. The van der Waals surface area contributed by atoms with Gasteiger partial charge < -0.3 is 9.64 Å². The lowest BCUT2D eigenvalue weighted by atomic mass is 10.2. The van der Waals surface area contributed by atoms with Gasteiger partial charge in [-0.1, -0.05) is 37.3 Å². The molecule has 152 valence electrons. The fraction of sp³-hybridized carbons (Fsp3) is 0.318. The highest BCUT2D eigenvalue weighted by Crippen LogP contribution is 2.15. The zero-order valence-corrected chi connectivity index (χ0v) is 16.9. The quantitative estimate of drug-likeness (QED) is 0.577. The maximum absolute atomic E-state index is 12.8. The van der Waals surface area contributed by atoms with E-state index >= 15 is 0 Å². The number of aromatic nitrogens is 2. The number of imidazole rings is 1. The number of hydrogen-bond acceptors (Lipinski definition) is 4. The number of benzene rings is 2. The van der Waals surface area contributed by atoms with Crippen LogP contribution in [-0.2, 0) is 27.4 Å². The molecular formula is C22H25N3O4. The number of hydrogen-bond donors (Lipinski definition) is 0. The molecule has 0 saturated heterocycles. The summed E-state index contributed by atoms with van der Waals surface area (Å²) in [5.74, 6) is -0.973. The molecule has 1 unspecified atom stereocenters. The van der Waals surface area contributed by atoms with E-state index in [1.807, 2.05) is 43.3 Å². The molecule has 3 rings (SSSR count). The summed E-state index contributed by atoms with van der Waals surface area (Å²) in [6, 6.07) is 16.4. The molecule has 0 bridgehead atoms. The molecule has 0 saturated carbocycles. The molecule has 0 N–H and O–H groups in total. The molecule has 0 spiro atoms. The van der Waals surface area contributed by atoms with Crippen molar-refractivity contribution >= 4 is 28.6 Å². The minimum atomic E-state index is -0.965. The Labute approximate surface area is 169 Å². The lowest BCUT2D eigenvalue weighted by Gasteiger charge is -2.21. The zero-order chi connectivity index (χ0) is 21.0. The summed E-state index contributed by atoms with van der Waals surface area (Å²) >= 11 is 0. The van der Waals surface area contributed by atoms with Crippen molar-refractivity contribution in [3.63, 3.8) is 0 Å². The molecule has 1 amide bonds. The third-order valence-corrected chi connectivity index (χ3v) is 4.79. The van der Waals surface area contributed by atoms with Crippen molar-refractivity contribution in [1.82, 2.24) is 9.13 Å². The third kappa shape index (κ3) is 4.23. The van der Waals surface area contributed by atoms with Gasteiger partial charge in [-0.25, -0.2) is 4.79 Å².